The number of allylic oxidation sites excluding steroid dienone is 1. The van der Waals surface area contributed by atoms with Crippen molar-refractivity contribution in [3.05, 3.63) is 71.5 Å². The van der Waals surface area contributed by atoms with Gasteiger partial charge in [0.15, 0.2) is 0 Å². The highest BCUT2D eigenvalue weighted by atomic mass is 19.1. The monoisotopic (exact) mass is 419 g/mol. The molecule has 1 saturated carbocycles. The van der Waals surface area contributed by atoms with Gasteiger partial charge in [0.25, 0.3) is 5.71 Å². The van der Waals surface area contributed by atoms with Crippen molar-refractivity contribution in [1.29, 1.82) is 5.41 Å². The van der Waals surface area contributed by atoms with Crippen LogP contribution >= 0.6 is 0 Å². The zero-order valence-electron chi connectivity index (χ0n) is 16.6. The Bertz CT molecular complexity index is 1290. The summed E-state index contributed by atoms with van der Waals surface area (Å²) in [6.07, 6.45) is 4.91. The predicted molar refractivity (Wildman–Crippen MR) is 109 cm³/mol. The zero-order valence-corrected chi connectivity index (χ0v) is 16.6. The number of hydrogen-bond acceptors (Lipinski definition) is 9. The average molecular weight is 419 g/mol. The maximum absolute atomic E-state index is 14.0. The lowest BCUT2D eigenvalue weighted by atomic mass is 10.1. The van der Waals surface area contributed by atoms with Crippen molar-refractivity contribution >= 4 is 22.8 Å². The molecule has 0 aliphatic heterocycles. The molecule has 0 spiro atoms. The predicted octanol–water partition coefficient (Wildman–Crippen LogP) is 3.39. The maximum Gasteiger partial charge on any atom is 0.270 e. The first kappa shape index (κ1) is 19.0. The molecule has 31 heavy (non-hydrogen) atoms. The molecule has 1 aliphatic rings. The van der Waals surface area contributed by atoms with E-state index in [9.17, 15) is 4.39 Å². The second-order valence-electron chi connectivity index (χ2n) is 7.65. The van der Waals surface area contributed by atoms with Crippen molar-refractivity contribution in [3.63, 3.8) is 0 Å². The van der Waals surface area contributed by atoms with Gasteiger partial charge in [-0.05, 0) is 25.0 Å². The fraction of sp³-hybridized carbons (Fsp3) is 0.238. The Morgan fingerprint density at radius 3 is 2.81 bits per heavy atom. The summed E-state index contributed by atoms with van der Waals surface area (Å²) >= 11 is 0. The number of aromatic nitrogens is 5. The standard InChI is InChI=1S/C21H18FN7O2/c1-21(7-8-21)20-26-18-19(31-20)25-17(27-28-18)14(23)10-16(15-6-9-30-29-15)24-11-12-4-2-3-5-13(12)22/h2-6,9-10,23-24H,7-8,11H2,1H3/b16-10-,23-14?. The molecule has 9 nitrogen and oxygen atoms in total. The number of hydrogen-bond donors (Lipinski definition) is 2. The molecule has 0 amide bonds. The second-order valence-corrected chi connectivity index (χ2v) is 7.65. The van der Waals surface area contributed by atoms with Crippen LogP contribution in [0, 0.1) is 11.2 Å². The molecule has 1 fully saturated rings. The number of rotatable bonds is 7. The van der Waals surface area contributed by atoms with Gasteiger partial charge < -0.3 is 14.3 Å². The van der Waals surface area contributed by atoms with E-state index in [4.69, 9.17) is 14.3 Å². The van der Waals surface area contributed by atoms with Crippen LogP contribution < -0.4 is 5.32 Å². The lowest BCUT2D eigenvalue weighted by Gasteiger charge is -2.09. The molecule has 3 heterocycles. The van der Waals surface area contributed by atoms with Crippen molar-refractivity contribution < 1.29 is 13.3 Å². The lowest BCUT2D eigenvalue weighted by Crippen LogP contribution is -2.15. The topological polar surface area (TPSA) is 127 Å². The quantitative estimate of drug-likeness (QED) is 0.437. The molecule has 0 atom stereocenters. The zero-order chi connectivity index (χ0) is 21.4. The summed E-state index contributed by atoms with van der Waals surface area (Å²) in [5.41, 5.74) is 1.86. The number of oxazole rings is 1. The first-order chi connectivity index (χ1) is 15.0. The van der Waals surface area contributed by atoms with E-state index in [1.165, 1.54) is 18.4 Å². The van der Waals surface area contributed by atoms with E-state index in [0.717, 1.165) is 12.8 Å². The molecule has 4 aromatic rings. The molecule has 5 rings (SSSR count). The summed E-state index contributed by atoms with van der Waals surface area (Å²) in [5, 5.41) is 23.5. The van der Waals surface area contributed by atoms with Gasteiger partial charge in [0.2, 0.25) is 17.4 Å². The summed E-state index contributed by atoms with van der Waals surface area (Å²) in [7, 11) is 0. The van der Waals surface area contributed by atoms with Gasteiger partial charge in [0.1, 0.15) is 23.5 Å². The highest BCUT2D eigenvalue weighted by molar-refractivity contribution is 6.07. The Labute approximate surface area is 175 Å². The molecule has 0 radical (unpaired) electrons. The van der Waals surface area contributed by atoms with Crippen LogP contribution in [0.2, 0.25) is 0 Å². The molecular weight excluding hydrogens is 401 g/mol. The van der Waals surface area contributed by atoms with Crippen LogP contribution in [0.15, 0.2) is 51.6 Å². The van der Waals surface area contributed by atoms with E-state index >= 15 is 0 Å². The van der Waals surface area contributed by atoms with Crippen molar-refractivity contribution in [1.82, 2.24) is 30.6 Å². The Kier molecular flexibility index (Phi) is 4.54. The smallest absolute Gasteiger partial charge is 0.270 e. The van der Waals surface area contributed by atoms with E-state index in [-0.39, 0.29) is 35.0 Å². The van der Waals surface area contributed by atoms with E-state index in [2.05, 4.69) is 37.6 Å². The molecule has 1 aromatic carbocycles. The number of nitrogens with zero attached hydrogens (tertiary/aromatic N) is 5. The van der Waals surface area contributed by atoms with Crippen molar-refractivity contribution in [2.75, 3.05) is 0 Å². The number of fused-ring (bicyclic) bond motifs is 1. The van der Waals surface area contributed by atoms with Gasteiger partial charge in [-0.25, -0.2) is 4.39 Å². The lowest BCUT2D eigenvalue weighted by molar-refractivity contribution is 0.417. The highest BCUT2D eigenvalue weighted by Gasteiger charge is 2.44. The minimum atomic E-state index is -0.326. The molecule has 0 saturated heterocycles. The molecule has 156 valence electrons. The average Bonchev–Trinajstić information content (AvgIpc) is 3.18. The summed E-state index contributed by atoms with van der Waals surface area (Å²) in [4.78, 5) is 8.66. The van der Waals surface area contributed by atoms with E-state index in [0.29, 0.717) is 28.5 Å². The molecule has 0 unspecified atom stereocenters. The first-order valence-electron chi connectivity index (χ1n) is 9.72. The van der Waals surface area contributed by atoms with E-state index in [1.54, 1.807) is 24.3 Å². The second kappa shape index (κ2) is 7.38. The molecule has 0 bridgehead atoms. The minimum Gasteiger partial charge on any atom is -0.420 e. The fourth-order valence-corrected chi connectivity index (χ4v) is 3.04. The van der Waals surface area contributed by atoms with Gasteiger partial charge in [0.05, 0.1) is 5.70 Å². The largest absolute Gasteiger partial charge is 0.420 e. The minimum absolute atomic E-state index is 0.0241. The van der Waals surface area contributed by atoms with Crippen LogP contribution in [0.1, 0.15) is 42.7 Å². The molecule has 2 N–H and O–H groups in total. The van der Waals surface area contributed by atoms with Gasteiger partial charge in [-0.1, -0.05) is 30.3 Å². The summed E-state index contributed by atoms with van der Waals surface area (Å²) in [6.45, 7) is 2.27. The van der Waals surface area contributed by atoms with E-state index < -0.39 is 0 Å². The summed E-state index contributed by atoms with van der Waals surface area (Å²) in [6, 6.07) is 8.08. The van der Waals surface area contributed by atoms with Crippen molar-refractivity contribution in [3.8, 4) is 0 Å². The van der Waals surface area contributed by atoms with Crippen LogP contribution in [0.4, 0.5) is 4.39 Å². The van der Waals surface area contributed by atoms with E-state index in [1.807, 2.05) is 0 Å². The molecule has 10 heteroatoms. The van der Waals surface area contributed by atoms with Crippen molar-refractivity contribution in [2.45, 2.75) is 31.7 Å². The highest BCUT2D eigenvalue weighted by Crippen LogP contribution is 2.47. The van der Waals surface area contributed by atoms with Gasteiger partial charge in [-0.15, -0.1) is 10.2 Å². The maximum atomic E-state index is 14.0. The molecular formula is C21H18FN7O2. The third kappa shape index (κ3) is 3.79. The Morgan fingerprint density at radius 2 is 2.06 bits per heavy atom. The third-order valence-electron chi connectivity index (χ3n) is 5.23. The number of nitrogens with one attached hydrogen (secondary N) is 2. The van der Waals surface area contributed by atoms with Gasteiger partial charge in [-0.2, -0.15) is 9.97 Å². The van der Waals surface area contributed by atoms with Crippen LogP contribution in [0.3, 0.4) is 0 Å². The third-order valence-corrected chi connectivity index (χ3v) is 5.23. The Balaban J connectivity index is 1.42. The normalized spacial score (nSPS) is 15.2. The fourth-order valence-electron chi connectivity index (χ4n) is 3.04. The molecule has 3 aromatic heterocycles. The Morgan fingerprint density at radius 1 is 1.23 bits per heavy atom. The summed E-state index contributed by atoms with van der Waals surface area (Å²) in [5.74, 6) is 0.344. The van der Waals surface area contributed by atoms with Crippen LogP contribution in [0.25, 0.3) is 17.1 Å². The van der Waals surface area contributed by atoms with Crippen LogP contribution in [-0.2, 0) is 12.0 Å². The van der Waals surface area contributed by atoms with Crippen LogP contribution in [-0.4, -0.2) is 31.0 Å². The first-order valence-corrected chi connectivity index (χ1v) is 9.72. The van der Waals surface area contributed by atoms with Gasteiger partial charge >= 0.3 is 0 Å². The number of halogens is 1. The number of benzene rings is 1. The molecule has 1 aliphatic carbocycles. The van der Waals surface area contributed by atoms with Crippen LogP contribution in [0.5, 0.6) is 0 Å². The SMILES string of the molecule is CC1(c2nc3nnc(C(=N)/C=C(\NCc4ccccc4F)c4ccon4)nc3o2)CC1. The van der Waals surface area contributed by atoms with Crippen molar-refractivity contribution in [2.24, 2.45) is 0 Å². The van der Waals surface area contributed by atoms with Gasteiger partial charge in [0, 0.05) is 23.6 Å². The summed E-state index contributed by atoms with van der Waals surface area (Å²) < 4.78 is 24.6. The van der Waals surface area contributed by atoms with Gasteiger partial charge in [-0.3, -0.25) is 5.41 Å². The Hall–Kier alpha value is -3.95.